The second-order valence-corrected chi connectivity index (χ2v) is 6.93. The zero-order chi connectivity index (χ0) is 14.1. The molecule has 1 fully saturated rings. The summed E-state index contributed by atoms with van der Waals surface area (Å²) in [7, 11) is 0. The van der Waals surface area contributed by atoms with Crippen molar-refractivity contribution in [1.29, 1.82) is 0 Å². The van der Waals surface area contributed by atoms with Gasteiger partial charge in [0.05, 0.1) is 0 Å². The molecular formula is C11H14ClN7S. The molecule has 0 aromatic carbocycles. The molecule has 0 saturated carbocycles. The summed E-state index contributed by atoms with van der Waals surface area (Å²) in [6.45, 7) is 6.20. The molecule has 2 aromatic heterocycles. The highest BCUT2D eigenvalue weighted by molar-refractivity contribution is 8.00. The largest absolute Gasteiger partial charge is 0.338 e. The lowest BCUT2D eigenvalue weighted by Crippen LogP contribution is -2.41. The molecule has 9 heteroatoms. The van der Waals surface area contributed by atoms with Crippen LogP contribution in [0, 0.1) is 0 Å². The molecule has 7 nitrogen and oxygen atoms in total. The zero-order valence-electron chi connectivity index (χ0n) is 11.1. The lowest BCUT2D eigenvalue weighted by molar-refractivity contribution is 0.693. The third-order valence-corrected chi connectivity index (χ3v) is 4.31. The van der Waals surface area contributed by atoms with Crippen LogP contribution in [0.2, 0.25) is 5.28 Å². The van der Waals surface area contributed by atoms with E-state index in [9.17, 15) is 0 Å². The van der Waals surface area contributed by atoms with Gasteiger partial charge in [-0.15, -0.1) is 0 Å². The van der Waals surface area contributed by atoms with E-state index in [1.807, 2.05) is 11.8 Å². The Morgan fingerprint density at radius 3 is 2.50 bits per heavy atom. The SMILES string of the molecule is CC1CN(c2nc(Cl)nc(-n3cncn3)n2)CC(C)S1. The minimum Gasteiger partial charge on any atom is -0.338 e. The molecule has 2 unspecified atom stereocenters. The van der Waals surface area contributed by atoms with E-state index in [4.69, 9.17) is 11.6 Å². The quantitative estimate of drug-likeness (QED) is 0.830. The van der Waals surface area contributed by atoms with Crippen molar-refractivity contribution in [3.63, 3.8) is 0 Å². The van der Waals surface area contributed by atoms with E-state index in [1.165, 1.54) is 17.3 Å². The number of thioether (sulfide) groups is 1. The fraction of sp³-hybridized carbons (Fsp3) is 0.545. The van der Waals surface area contributed by atoms with Crippen molar-refractivity contribution in [2.75, 3.05) is 18.0 Å². The Morgan fingerprint density at radius 1 is 1.15 bits per heavy atom. The normalized spacial score (nSPS) is 23.1. The molecule has 3 heterocycles. The van der Waals surface area contributed by atoms with Crippen LogP contribution in [0.1, 0.15) is 13.8 Å². The Labute approximate surface area is 125 Å². The molecule has 0 radical (unpaired) electrons. The number of rotatable bonds is 2. The molecule has 2 aromatic rings. The van der Waals surface area contributed by atoms with Crippen LogP contribution in [0.4, 0.5) is 5.95 Å². The number of halogens is 1. The highest BCUT2D eigenvalue weighted by atomic mass is 35.5. The second-order valence-electron chi connectivity index (χ2n) is 4.71. The van der Waals surface area contributed by atoms with Gasteiger partial charge in [-0.25, -0.2) is 4.98 Å². The van der Waals surface area contributed by atoms with Crippen LogP contribution in [0.5, 0.6) is 0 Å². The molecule has 0 aliphatic carbocycles. The smallest absolute Gasteiger partial charge is 0.258 e. The number of aromatic nitrogens is 6. The standard InChI is InChI=1S/C11H14ClN7S/c1-7-3-18(4-8(2)20-7)10-15-9(12)16-11(17-10)19-6-13-5-14-19/h5-8H,3-4H2,1-2H3. The van der Waals surface area contributed by atoms with E-state index >= 15 is 0 Å². The number of nitrogens with zero attached hydrogens (tertiary/aromatic N) is 7. The van der Waals surface area contributed by atoms with Gasteiger partial charge in [0.25, 0.3) is 5.95 Å². The number of hydrogen-bond donors (Lipinski definition) is 0. The summed E-state index contributed by atoms with van der Waals surface area (Å²) in [5.74, 6) is 0.977. The van der Waals surface area contributed by atoms with Gasteiger partial charge in [0.2, 0.25) is 11.2 Å². The molecule has 2 atom stereocenters. The lowest BCUT2D eigenvalue weighted by atomic mass is 10.3. The van der Waals surface area contributed by atoms with Gasteiger partial charge in [0, 0.05) is 23.6 Å². The maximum atomic E-state index is 6.00. The summed E-state index contributed by atoms with van der Waals surface area (Å²) in [6, 6.07) is 0. The molecule has 0 amide bonds. The lowest BCUT2D eigenvalue weighted by Gasteiger charge is -2.34. The Morgan fingerprint density at radius 2 is 1.85 bits per heavy atom. The van der Waals surface area contributed by atoms with E-state index in [1.54, 1.807) is 0 Å². The molecule has 1 aliphatic heterocycles. The van der Waals surface area contributed by atoms with Gasteiger partial charge in [-0.2, -0.15) is 36.5 Å². The van der Waals surface area contributed by atoms with E-state index < -0.39 is 0 Å². The Hall–Kier alpha value is -1.41. The predicted molar refractivity (Wildman–Crippen MR) is 78.5 cm³/mol. The van der Waals surface area contributed by atoms with Crippen molar-refractivity contribution in [1.82, 2.24) is 29.7 Å². The van der Waals surface area contributed by atoms with Gasteiger partial charge in [0.1, 0.15) is 12.7 Å². The first-order chi connectivity index (χ1) is 9.61. The summed E-state index contributed by atoms with van der Waals surface area (Å²) < 4.78 is 1.47. The van der Waals surface area contributed by atoms with Crippen molar-refractivity contribution in [3.05, 3.63) is 17.9 Å². The van der Waals surface area contributed by atoms with Crippen LogP contribution in [-0.2, 0) is 0 Å². The summed E-state index contributed by atoms with van der Waals surface area (Å²) in [5.41, 5.74) is 0. The van der Waals surface area contributed by atoms with Crippen LogP contribution >= 0.6 is 23.4 Å². The summed E-state index contributed by atoms with van der Waals surface area (Å²) in [5, 5.41) is 5.24. The average molecular weight is 312 g/mol. The minimum atomic E-state index is 0.166. The van der Waals surface area contributed by atoms with Gasteiger partial charge in [-0.05, 0) is 11.6 Å². The maximum Gasteiger partial charge on any atom is 0.258 e. The van der Waals surface area contributed by atoms with Crippen molar-refractivity contribution < 1.29 is 0 Å². The molecule has 1 aliphatic rings. The van der Waals surface area contributed by atoms with E-state index in [0.717, 1.165) is 13.1 Å². The Bertz CT molecular complexity index is 580. The molecule has 0 bridgehead atoms. The molecule has 106 valence electrons. The third kappa shape index (κ3) is 2.85. The van der Waals surface area contributed by atoms with E-state index in [2.05, 4.69) is 43.8 Å². The van der Waals surface area contributed by atoms with Crippen LogP contribution in [0.25, 0.3) is 5.95 Å². The molecule has 0 spiro atoms. The first kappa shape index (κ1) is 13.6. The first-order valence-corrected chi connectivity index (χ1v) is 7.61. The monoisotopic (exact) mass is 311 g/mol. The van der Waals surface area contributed by atoms with Crippen LogP contribution < -0.4 is 4.90 Å². The van der Waals surface area contributed by atoms with Crippen molar-refractivity contribution in [3.8, 4) is 5.95 Å². The van der Waals surface area contributed by atoms with Crippen molar-refractivity contribution in [2.24, 2.45) is 0 Å². The van der Waals surface area contributed by atoms with Crippen LogP contribution in [0.15, 0.2) is 12.7 Å². The molecule has 0 N–H and O–H groups in total. The summed E-state index contributed by atoms with van der Waals surface area (Å²) in [4.78, 5) is 18.8. The average Bonchev–Trinajstić information content (AvgIpc) is 2.90. The van der Waals surface area contributed by atoms with E-state index in [0.29, 0.717) is 22.4 Å². The van der Waals surface area contributed by atoms with Gasteiger partial charge in [0.15, 0.2) is 0 Å². The number of anilines is 1. The molecular weight excluding hydrogens is 298 g/mol. The Balaban J connectivity index is 1.93. The van der Waals surface area contributed by atoms with Gasteiger partial charge >= 0.3 is 0 Å². The van der Waals surface area contributed by atoms with Crippen molar-refractivity contribution >= 4 is 29.3 Å². The first-order valence-electron chi connectivity index (χ1n) is 6.29. The number of hydrogen-bond acceptors (Lipinski definition) is 7. The van der Waals surface area contributed by atoms with Crippen LogP contribution in [0.3, 0.4) is 0 Å². The molecule has 1 saturated heterocycles. The fourth-order valence-electron chi connectivity index (χ4n) is 2.23. The van der Waals surface area contributed by atoms with Gasteiger partial charge in [-0.3, -0.25) is 0 Å². The van der Waals surface area contributed by atoms with Crippen molar-refractivity contribution in [2.45, 2.75) is 24.3 Å². The van der Waals surface area contributed by atoms with Gasteiger partial charge in [-0.1, -0.05) is 13.8 Å². The topological polar surface area (TPSA) is 72.6 Å². The Kier molecular flexibility index (Phi) is 3.75. The maximum absolute atomic E-state index is 6.00. The minimum absolute atomic E-state index is 0.166. The van der Waals surface area contributed by atoms with E-state index in [-0.39, 0.29) is 5.28 Å². The zero-order valence-corrected chi connectivity index (χ0v) is 12.7. The fourth-order valence-corrected chi connectivity index (χ4v) is 3.70. The molecule has 3 rings (SSSR count). The third-order valence-electron chi connectivity index (χ3n) is 2.91. The summed E-state index contributed by atoms with van der Waals surface area (Å²) >= 11 is 7.98. The summed E-state index contributed by atoms with van der Waals surface area (Å²) in [6.07, 6.45) is 2.96. The predicted octanol–water partition coefficient (Wildman–Crippen LogP) is 1.44. The van der Waals surface area contributed by atoms with Crippen LogP contribution in [-0.4, -0.2) is 53.3 Å². The molecule has 20 heavy (non-hydrogen) atoms. The van der Waals surface area contributed by atoms with Gasteiger partial charge < -0.3 is 4.90 Å². The highest BCUT2D eigenvalue weighted by Gasteiger charge is 2.25. The second kappa shape index (κ2) is 5.53. The highest BCUT2D eigenvalue weighted by Crippen LogP contribution is 2.27.